The van der Waals surface area contributed by atoms with E-state index in [1.807, 2.05) is 19.1 Å². The lowest BCUT2D eigenvalue weighted by Gasteiger charge is -2.12. The highest BCUT2D eigenvalue weighted by atomic mass is 35.5. The van der Waals surface area contributed by atoms with Crippen LogP contribution in [0.25, 0.3) is 6.08 Å². The van der Waals surface area contributed by atoms with Crippen molar-refractivity contribution in [1.29, 1.82) is 0 Å². The van der Waals surface area contributed by atoms with Crippen molar-refractivity contribution < 1.29 is 14.5 Å². The van der Waals surface area contributed by atoms with Gasteiger partial charge in [0, 0.05) is 28.4 Å². The van der Waals surface area contributed by atoms with Crippen LogP contribution in [-0.4, -0.2) is 16.7 Å². The van der Waals surface area contributed by atoms with E-state index in [-0.39, 0.29) is 16.9 Å². The molecular weight excluding hydrogens is 418 g/mol. The predicted molar refractivity (Wildman–Crippen MR) is 120 cm³/mol. The van der Waals surface area contributed by atoms with Crippen molar-refractivity contribution in [3.63, 3.8) is 0 Å². The maximum atomic E-state index is 12.9. The number of benzene rings is 3. The molecule has 3 rings (SSSR count). The van der Waals surface area contributed by atoms with Crippen LogP contribution < -0.4 is 10.6 Å². The predicted octanol–water partition coefficient (Wildman–Crippen LogP) is 4.97. The van der Waals surface area contributed by atoms with Gasteiger partial charge < -0.3 is 10.6 Å². The zero-order chi connectivity index (χ0) is 22.4. The number of non-ortho nitro benzene ring substituents is 1. The Hall–Kier alpha value is -3.97. The average molecular weight is 436 g/mol. The van der Waals surface area contributed by atoms with Crippen molar-refractivity contribution in [3.05, 3.63) is 110 Å². The van der Waals surface area contributed by atoms with Crippen LogP contribution in [0.15, 0.2) is 78.5 Å². The molecule has 0 radical (unpaired) electrons. The summed E-state index contributed by atoms with van der Waals surface area (Å²) in [5.41, 5.74) is 2.01. The number of nitrogens with one attached hydrogen (secondary N) is 2. The number of hydrogen-bond donors (Lipinski definition) is 2. The fourth-order valence-corrected chi connectivity index (χ4v) is 2.90. The van der Waals surface area contributed by atoms with Crippen LogP contribution in [0.5, 0.6) is 0 Å². The summed E-state index contributed by atoms with van der Waals surface area (Å²) in [6.45, 7) is 1.92. The third-order valence-electron chi connectivity index (χ3n) is 4.28. The zero-order valence-electron chi connectivity index (χ0n) is 16.5. The molecule has 3 aromatic carbocycles. The first-order chi connectivity index (χ1) is 14.8. The molecule has 0 atom stereocenters. The van der Waals surface area contributed by atoms with Crippen molar-refractivity contribution >= 4 is 40.9 Å². The number of halogens is 1. The first-order valence-electron chi connectivity index (χ1n) is 9.23. The summed E-state index contributed by atoms with van der Waals surface area (Å²) >= 11 is 5.95. The van der Waals surface area contributed by atoms with Gasteiger partial charge in [-0.1, -0.05) is 47.5 Å². The standard InChI is InChI=1S/C23H18ClN3O4/c1-15-8-10-19(11-9-15)25-23(29)21(13-16-4-2-7-20(12-16)27(30)31)26-22(28)17-5-3-6-18(24)14-17/h2-14H,1H3,(H,25,29)(H,26,28). The van der Waals surface area contributed by atoms with Gasteiger partial charge in [-0.2, -0.15) is 0 Å². The Kier molecular flexibility index (Phi) is 6.79. The molecule has 2 N–H and O–H groups in total. The van der Waals surface area contributed by atoms with E-state index in [2.05, 4.69) is 10.6 Å². The smallest absolute Gasteiger partial charge is 0.272 e. The second-order valence-electron chi connectivity index (χ2n) is 6.69. The molecule has 0 aromatic heterocycles. The van der Waals surface area contributed by atoms with Crippen molar-refractivity contribution in [2.75, 3.05) is 5.32 Å². The van der Waals surface area contributed by atoms with Crippen LogP contribution >= 0.6 is 11.6 Å². The molecule has 0 spiro atoms. The molecule has 0 fully saturated rings. The second-order valence-corrected chi connectivity index (χ2v) is 7.13. The Bertz CT molecular complexity index is 1170. The highest BCUT2D eigenvalue weighted by Gasteiger charge is 2.16. The lowest BCUT2D eigenvalue weighted by atomic mass is 10.1. The Morgan fingerprint density at radius 3 is 2.39 bits per heavy atom. The van der Waals surface area contributed by atoms with Gasteiger partial charge in [0.05, 0.1) is 4.92 Å². The molecule has 0 aliphatic rings. The van der Waals surface area contributed by atoms with Gasteiger partial charge in [-0.3, -0.25) is 19.7 Å². The number of amides is 2. The quantitative estimate of drug-likeness (QED) is 0.324. The van der Waals surface area contributed by atoms with E-state index in [1.54, 1.807) is 36.4 Å². The number of aryl methyl sites for hydroxylation is 1. The van der Waals surface area contributed by atoms with Gasteiger partial charge in [-0.25, -0.2) is 0 Å². The molecule has 0 unspecified atom stereocenters. The molecule has 156 valence electrons. The minimum Gasteiger partial charge on any atom is -0.321 e. The van der Waals surface area contributed by atoms with E-state index in [0.717, 1.165) is 5.56 Å². The lowest BCUT2D eigenvalue weighted by molar-refractivity contribution is -0.384. The number of rotatable bonds is 6. The SMILES string of the molecule is Cc1ccc(NC(=O)C(=Cc2cccc([N+](=O)[O-])c2)NC(=O)c2cccc(Cl)c2)cc1. The van der Waals surface area contributed by atoms with Crippen LogP contribution in [0, 0.1) is 17.0 Å². The van der Waals surface area contributed by atoms with E-state index < -0.39 is 16.7 Å². The third kappa shape index (κ3) is 6.01. The molecule has 0 heterocycles. The third-order valence-corrected chi connectivity index (χ3v) is 4.52. The summed E-state index contributed by atoms with van der Waals surface area (Å²) in [7, 11) is 0. The number of nitrogens with zero attached hydrogens (tertiary/aromatic N) is 1. The number of hydrogen-bond acceptors (Lipinski definition) is 4. The minimum absolute atomic E-state index is 0.0777. The molecule has 0 saturated carbocycles. The summed E-state index contributed by atoms with van der Waals surface area (Å²) in [5, 5.41) is 16.7. The van der Waals surface area contributed by atoms with E-state index in [9.17, 15) is 19.7 Å². The molecule has 0 saturated heterocycles. The monoisotopic (exact) mass is 435 g/mol. The van der Waals surface area contributed by atoms with Crippen molar-refractivity contribution in [2.24, 2.45) is 0 Å². The van der Waals surface area contributed by atoms with Crippen molar-refractivity contribution in [2.45, 2.75) is 6.92 Å². The highest BCUT2D eigenvalue weighted by molar-refractivity contribution is 6.31. The second kappa shape index (κ2) is 9.69. The van der Waals surface area contributed by atoms with Crippen molar-refractivity contribution in [3.8, 4) is 0 Å². The Morgan fingerprint density at radius 1 is 1.00 bits per heavy atom. The Balaban J connectivity index is 1.93. The fourth-order valence-electron chi connectivity index (χ4n) is 2.71. The first kappa shape index (κ1) is 21.7. The molecule has 8 heteroatoms. The molecule has 7 nitrogen and oxygen atoms in total. The fraction of sp³-hybridized carbons (Fsp3) is 0.0435. The first-order valence-corrected chi connectivity index (χ1v) is 9.61. The van der Waals surface area contributed by atoms with E-state index in [0.29, 0.717) is 16.3 Å². The van der Waals surface area contributed by atoms with Crippen LogP contribution in [0.3, 0.4) is 0 Å². The van der Waals surface area contributed by atoms with Gasteiger partial charge >= 0.3 is 0 Å². The zero-order valence-corrected chi connectivity index (χ0v) is 17.2. The normalized spacial score (nSPS) is 11.0. The van der Waals surface area contributed by atoms with Crippen LogP contribution in [0.1, 0.15) is 21.5 Å². The van der Waals surface area contributed by atoms with Gasteiger partial charge in [-0.15, -0.1) is 0 Å². The van der Waals surface area contributed by atoms with E-state index >= 15 is 0 Å². The maximum absolute atomic E-state index is 12.9. The van der Waals surface area contributed by atoms with Crippen LogP contribution in [0.2, 0.25) is 5.02 Å². The van der Waals surface area contributed by atoms with E-state index in [1.165, 1.54) is 30.3 Å². The number of nitro groups is 1. The molecule has 0 bridgehead atoms. The minimum atomic E-state index is -0.578. The Morgan fingerprint density at radius 2 is 1.71 bits per heavy atom. The summed E-state index contributed by atoms with van der Waals surface area (Å²) < 4.78 is 0. The largest absolute Gasteiger partial charge is 0.321 e. The van der Waals surface area contributed by atoms with Gasteiger partial charge in [0.25, 0.3) is 17.5 Å². The van der Waals surface area contributed by atoms with Gasteiger partial charge in [0.15, 0.2) is 0 Å². The number of carbonyl (C=O) groups excluding carboxylic acids is 2. The maximum Gasteiger partial charge on any atom is 0.272 e. The number of nitro benzene ring substituents is 1. The summed E-state index contributed by atoms with van der Waals surface area (Å²) in [6.07, 6.45) is 1.37. The topological polar surface area (TPSA) is 101 Å². The Labute approximate surface area is 183 Å². The molecule has 3 aromatic rings. The lowest BCUT2D eigenvalue weighted by Crippen LogP contribution is -2.30. The summed E-state index contributed by atoms with van der Waals surface area (Å²) in [6, 6.07) is 19.2. The molecule has 2 amide bonds. The van der Waals surface area contributed by atoms with E-state index in [4.69, 9.17) is 11.6 Å². The number of carbonyl (C=O) groups is 2. The molecule has 0 aliphatic heterocycles. The molecule has 0 aliphatic carbocycles. The number of anilines is 1. The average Bonchev–Trinajstić information content (AvgIpc) is 2.75. The van der Waals surface area contributed by atoms with Crippen LogP contribution in [-0.2, 0) is 4.79 Å². The van der Waals surface area contributed by atoms with Gasteiger partial charge in [0.2, 0.25) is 0 Å². The van der Waals surface area contributed by atoms with Crippen molar-refractivity contribution in [1.82, 2.24) is 5.32 Å². The van der Waals surface area contributed by atoms with Gasteiger partial charge in [-0.05, 0) is 48.9 Å². The molecular formula is C23H18ClN3O4. The summed E-state index contributed by atoms with van der Waals surface area (Å²) in [4.78, 5) is 36.1. The summed E-state index contributed by atoms with van der Waals surface area (Å²) in [5.74, 6) is -1.12. The molecule has 31 heavy (non-hydrogen) atoms. The highest BCUT2D eigenvalue weighted by Crippen LogP contribution is 2.17. The van der Waals surface area contributed by atoms with Gasteiger partial charge in [0.1, 0.15) is 5.70 Å². The van der Waals surface area contributed by atoms with Crippen LogP contribution in [0.4, 0.5) is 11.4 Å².